The molecular weight excluding hydrogens is 448 g/mol. The molecule has 0 bridgehead atoms. The van der Waals surface area contributed by atoms with Crippen molar-refractivity contribution in [3.63, 3.8) is 0 Å². The predicted octanol–water partition coefficient (Wildman–Crippen LogP) is 3.95. The van der Waals surface area contributed by atoms with Gasteiger partial charge in [-0.2, -0.15) is 5.26 Å². The molecule has 0 heterocycles. The fraction of sp³-hybridized carbons (Fsp3) is 0.615. The van der Waals surface area contributed by atoms with Crippen molar-refractivity contribution in [2.45, 2.75) is 92.0 Å². The molecule has 1 aromatic rings. The van der Waals surface area contributed by atoms with Gasteiger partial charge in [0.1, 0.15) is 30.0 Å². The normalized spacial score (nSPS) is 14.2. The zero-order valence-electron chi connectivity index (χ0n) is 22.4. The average molecular weight is 489 g/mol. The second kappa shape index (κ2) is 11.9. The average Bonchev–Trinajstić information content (AvgIpc) is 2.70. The van der Waals surface area contributed by atoms with Crippen LogP contribution in [0.15, 0.2) is 18.2 Å². The van der Waals surface area contributed by atoms with Crippen molar-refractivity contribution in [2.24, 2.45) is 5.92 Å². The van der Waals surface area contributed by atoms with Gasteiger partial charge in [0, 0.05) is 5.54 Å². The standard InChI is InChI=1S/C26H40N4O5/c1-10-16(2)20(28-24(34)35-26(7,8)9)23(33)30(14-13-27)21(22(32)29-25(4,5)6)18-11-12-19(31)17(3)15-18/h11-12,15-16,20-21,31H,10,14H2,1-9H3,(H,28,34)(H,29,32). The van der Waals surface area contributed by atoms with Gasteiger partial charge in [-0.1, -0.05) is 26.3 Å². The quantitative estimate of drug-likeness (QED) is 0.475. The molecule has 3 unspecified atom stereocenters. The Kier molecular flexibility index (Phi) is 10.1. The Bertz CT molecular complexity index is 956. The van der Waals surface area contributed by atoms with Crippen molar-refractivity contribution in [2.75, 3.05) is 6.54 Å². The highest BCUT2D eigenvalue weighted by atomic mass is 16.6. The first-order valence-electron chi connectivity index (χ1n) is 11.8. The van der Waals surface area contributed by atoms with Gasteiger partial charge in [-0.05, 0) is 77.6 Å². The van der Waals surface area contributed by atoms with Crippen LogP contribution in [-0.2, 0) is 14.3 Å². The molecule has 0 fully saturated rings. The third-order valence-corrected chi connectivity index (χ3v) is 5.27. The topological polar surface area (TPSA) is 132 Å². The molecule has 3 N–H and O–H groups in total. The van der Waals surface area contributed by atoms with Crippen LogP contribution in [0, 0.1) is 24.2 Å². The van der Waals surface area contributed by atoms with Crippen molar-refractivity contribution in [1.29, 1.82) is 5.26 Å². The van der Waals surface area contributed by atoms with Crippen LogP contribution < -0.4 is 10.6 Å². The summed E-state index contributed by atoms with van der Waals surface area (Å²) in [6, 6.07) is 4.40. The molecule has 1 aromatic carbocycles. The Morgan fingerprint density at radius 3 is 2.23 bits per heavy atom. The summed E-state index contributed by atoms with van der Waals surface area (Å²) in [6.45, 7) is 15.6. The highest BCUT2D eigenvalue weighted by molar-refractivity contribution is 5.92. The number of phenols is 1. The lowest BCUT2D eigenvalue weighted by Crippen LogP contribution is -2.56. The number of rotatable bonds is 8. The van der Waals surface area contributed by atoms with Crippen LogP contribution in [0.25, 0.3) is 0 Å². The van der Waals surface area contributed by atoms with E-state index >= 15 is 0 Å². The molecule has 0 aliphatic heterocycles. The van der Waals surface area contributed by atoms with Gasteiger partial charge in [-0.15, -0.1) is 0 Å². The van der Waals surface area contributed by atoms with Crippen LogP contribution in [0.2, 0.25) is 0 Å². The Morgan fingerprint density at radius 2 is 1.77 bits per heavy atom. The minimum atomic E-state index is -1.16. The molecule has 3 atom stereocenters. The van der Waals surface area contributed by atoms with Gasteiger partial charge in [-0.3, -0.25) is 9.59 Å². The van der Waals surface area contributed by atoms with Crippen LogP contribution in [-0.4, -0.2) is 51.6 Å². The molecular formula is C26H40N4O5. The van der Waals surface area contributed by atoms with E-state index in [-0.39, 0.29) is 18.2 Å². The maximum atomic E-state index is 13.8. The molecule has 35 heavy (non-hydrogen) atoms. The van der Waals surface area contributed by atoms with E-state index in [1.165, 1.54) is 11.0 Å². The van der Waals surface area contributed by atoms with E-state index in [2.05, 4.69) is 10.6 Å². The van der Waals surface area contributed by atoms with E-state index in [1.54, 1.807) is 46.8 Å². The third kappa shape index (κ3) is 9.12. The SMILES string of the molecule is CCC(C)C(NC(=O)OC(C)(C)C)C(=O)N(CC#N)C(C(=O)NC(C)(C)C)c1ccc(O)c(C)c1. The van der Waals surface area contributed by atoms with Gasteiger partial charge < -0.3 is 25.4 Å². The summed E-state index contributed by atoms with van der Waals surface area (Å²) in [5.74, 6) is -1.31. The molecule has 3 amide bonds. The number of aromatic hydroxyl groups is 1. The molecule has 9 nitrogen and oxygen atoms in total. The number of ether oxygens (including phenoxy) is 1. The van der Waals surface area contributed by atoms with Crippen molar-refractivity contribution >= 4 is 17.9 Å². The fourth-order valence-electron chi connectivity index (χ4n) is 3.43. The zero-order valence-corrected chi connectivity index (χ0v) is 22.4. The van der Waals surface area contributed by atoms with Crippen molar-refractivity contribution in [3.8, 4) is 11.8 Å². The number of nitrogens with zero attached hydrogens (tertiary/aromatic N) is 2. The highest BCUT2D eigenvalue weighted by Gasteiger charge is 2.39. The summed E-state index contributed by atoms with van der Waals surface area (Å²) in [5, 5.41) is 25.1. The number of nitriles is 1. The second-order valence-electron chi connectivity index (χ2n) is 10.8. The number of carbonyl (C=O) groups is 3. The number of benzene rings is 1. The maximum absolute atomic E-state index is 13.8. The van der Waals surface area contributed by atoms with Gasteiger partial charge in [-0.25, -0.2) is 4.79 Å². The van der Waals surface area contributed by atoms with E-state index in [0.29, 0.717) is 17.5 Å². The van der Waals surface area contributed by atoms with Gasteiger partial charge in [0.05, 0.1) is 6.07 Å². The summed E-state index contributed by atoms with van der Waals surface area (Å²) >= 11 is 0. The number of alkyl carbamates (subject to hydrolysis) is 1. The summed E-state index contributed by atoms with van der Waals surface area (Å²) in [7, 11) is 0. The number of nitrogens with one attached hydrogen (secondary N) is 2. The zero-order chi connectivity index (χ0) is 27.1. The van der Waals surface area contributed by atoms with Crippen LogP contribution in [0.3, 0.4) is 0 Å². The first-order chi connectivity index (χ1) is 16.0. The van der Waals surface area contributed by atoms with E-state index in [1.807, 2.05) is 33.8 Å². The van der Waals surface area contributed by atoms with E-state index in [0.717, 1.165) is 0 Å². The largest absolute Gasteiger partial charge is 0.508 e. The molecule has 0 aliphatic rings. The highest BCUT2D eigenvalue weighted by Crippen LogP contribution is 2.28. The summed E-state index contributed by atoms with van der Waals surface area (Å²) in [4.78, 5) is 41.0. The Morgan fingerprint density at radius 1 is 1.17 bits per heavy atom. The van der Waals surface area contributed by atoms with Crippen LogP contribution in [0.1, 0.15) is 79.0 Å². The molecule has 194 valence electrons. The number of amides is 3. The third-order valence-electron chi connectivity index (χ3n) is 5.27. The number of phenolic OH excluding ortho intramolecular Hbond substituents is 1. The van der Waals surface area contributed by atoms with E-state index in [4.69, 9.17) is 4.74 Å². The molecule has 9 heteroatoms. The Labute approximate surface area is 208 Å². The molecule has 0 aliphatic carbocycles. The summed E-state index contributed by atoms with van der Waals surface area (Å²) in [5.41, 5.74) is -0.414. The first kappa shape index (κ1) is 29.8. The smallest absolute Gasteiger partial charge is 0.408 e. The fourth-order valence-corrected chi connectivity index (χ4v) is 3.43. The van der Waals surface area contributed by atoms with E-state index in [9.17, 15) is 24.8 Å². The van der Waals surface area contributed by atoms with E-state index < -0.39 is 41.1 Å². The monoisotopic (exact) mass is 488 g/mol. The molecule has 0 aromatic heterocycles. The summed E-state index contributed by atoms with van der Waals surface area (Å²) in [6.07, 6.45) is -0.201. The number of aryl methyl sites for hydroxylation is 1. The van der Waals surface area contributed by atoms with Crippen LogP contribution >= 0.6 is 0 Å². The number of carbonyl (C=O) groups excluding carboxylic acids is 3. The van der Waals surface area contributed by atoms with Gasteiger partial charge >= 0.3 is 6.09 Å². The van der Waals surface area contributed by atoms with Crippen molar-refractivity contribution in [1.82, 2.24) is 15.5 Å². The maximum Gasteiger partial charge on any atom is 0.408 e. The Balaban J connectivity index is 3.56. The lowest BCUT2D eigenvalue weighted by molar-refractivity contribution is -0.143. The predicted molar refractivity (Wildman–Crippen MR) is 133 cm³/mol. The Hall–Kier alpha value is -3.28. The molecule has 0 saturated heterocycles. The van der Waals surface area contributed by atoms with Crippen molar-refractivity contribution < 1.29 is 24.2 Å². The van der Waals surface area contributed by atoms with Gasteiger partial charge in [0.2, 0.25) is 11.8 Å². The summed E-state index contributed by atoms with van der Waals surface area (Å²) < 4.78 is 5.35. The lowest BCUT2D eigenvalue weighted by Gasteiger charge is -2.36. The molecule has 0 spiro atoms. The van der Waals surface area contributed by atoms with Crippen LogP contribution in [0.4, 0.5) is 4.79 Å². The van der Waals surface area contributed by atoms with Crippen LogP contribution in [0.5, 0.6) is 5.75 Å². The second-order valence-corrected chi connectivity index (χ2v) is 10.8. The first-order valence-corrected chi connectivity index (χ1v) is 11.8. The van der Waals surface area contributed by atoms with Gasteiger partial charge in [0.25, 0.3) is 0 Å². The minimum absolute atomic E-state index is 0.0472. The number of hydrogen-bond acceptors (Lipinski definition) is 6. The number of hydrogen-bond donors (Lipinski definition) is 3. The molecule has 0 radical (unpaired) electrons. The minimum Gasteiger partial charge on any atom is -0.508 e. The molecule has 0 saturated carbocycles. The molecule has 1 rings (SSSR count). The van der Waals surface area contributed by atoms with Crippen molar-refractivity contribution in [3.05, 3.63) is 29.3 Å². The van der Waals surface area contributed by atoms with Gasteiger partial charge in [0.15, 0.2) is 0 Å². The lowest BCUT2D eigenvalue weighted by atomic mass is 9.95.